The zero-order valence-electron chi connectivity index (χ0n) is 14.9. The third kappa shape index (κ3) is 3.57. The zero-order valence-corrected chi connectivity index (χ0v) is 15.7. The predicted octanol–water partition coefficient (Wildman–Crippen LogP) is 5.72. The van der Waals surface area contributed by atoms with Crippen LogP contribution in [-0.4, -0.2) is 8.42 Å². The highest BCUT2D eigenvalue weighted by Crippen LogP contribution is 2.27. The first-order valence-electron chi connectivity index (χ1n) is 8.70. The molecule has 1 N–H and O–H groups in total. The molecule has 0 bridgehead atoms. The largest absolute Gasteiger partial charge is 0.356 e. The Labute approximate surface area is 159 Å². The summed E-state index contributed by atoms with van der Waals surface area (Å²) in [6, 6.07) is 28.0. The molecule has 0 aliphatic rings. The number of para-hydroxylation sites is 1. The molecule has 0 saturated carbocycles. The first-order valence-corrected chi connectivity index (χ1v) is 10.2. The van der Waals surface area contributed by atoms with Gasteiger partial charge >= 0.3 is 0 Å². The van der Waals surface area contributed by atoms with E-state index < -0.39 is 9.84 Å². The van der Waals surface area contributed by atoms with E-state index in [0.717, 1.165) is 27.7 Å². The Kier molecular flexibility index (Phi) is 4.42. The summed E-state index contributed by atoms with van der Waals surface area (Å²) in [4.78, 5) is 0.623. The first-order chi connectivity index (χ1) is 13.0. The van der Waals surface area contributed by atoms with Gasteiger partial charge in [-0.15, -0.1) is 0 Å². The number of aryl methyl sites for hydroxylation is 1. The highest BCUT2D eigenvalue weighted by molar-refractivity contribution is 7.91. The van der Waals surface area contributed by atoms with Crippen LogP contribution in [-0.2, 0) is 9.84 Å². The van der Waals surface area contributed by atoms with Gasteiger partial charge in [0.1, 0.15) is 0 Å². The van der Waals surface area contributed by atoms with Gasteiger partial charge in [0, 0.05) is 11.4 Å². The van der Waals surface area contributed by atoms with Crippen LogP contribution in [0.4, 0.5) is 11.4 Å². The molecule has 4 heteroatoms. The van der Waals surface area contributed by atoms with Crippen LogP contribution in [0.1, 0.15) is 5.56 Å². The van der Waals surface area contributed by atoms with Crippen molar-refractivity contribution < 1.29 is 8.42 Å². The Morgan fingerprint density at radius 1 is 0.630 bits per heavy atom. The minimum atomic E-state index is -3.52. The third-order valence-corrected chi connectivity index (χ3v) is 6.28. The van der Waals surface area contributed by atoms with Crippen molar-refractivity contribution in [3.8, 4) is 0 Å². The molecule has 0 aliphatic heterocycles. The maximum atomic E-state index is 12.9. The van der Waals surface area contributed by atoms with Crippen molar-refractivity contribution in [2.75, 3.05) is 5.32 Å². The lowest BCUT2D eigenvalue weighted by Crippen LogP contribution is -2.02. The minimum absolute atomic E-state index is 0.308. The maximum absolute atomic E-state index is 12.9. The molecular formula is C23H19NO2S. The van der Waals surface area contributed by atoms with E-state index in [1.54, 1.807) is 24.3 Å². The number of nitrogens with one attached hydrogen (secondary N) is 1. The van der Waals surface area contributed by atoms with Crippen molar-refractivity contribution in [3.63, 3.8) is 0 Å². The van der Waals surface area contributed by atoms with Gasteiger partial charge in [-0.1, -0.05) is 48.0 Å². The summed E-state index contributed by atoms with van der Waals surface area (Å²) in [6.07, 6.45) is 0. The first kappa shape index (κ1) is 17.3. The summed E-state index contributed by atoms with van der Waals surface area (Å²) in [7, 11) is -3.52. The number of hydrogen-bond acceptors (Lipinski definition) is 3. The minimum Gasteiger partial charge on any atom is -0.356 e. The Bertz CT molecular complexity index is 1200. The van der Waals surface area contributed by atoms with E-state index in [1.165, 1.54) is 0 Å². The monoisotopic (exact) mass is 373 g/mol. The van der Waals surface area contributed by atoms with Crippen molar-refractivity contribution in [2.45, 2.75) is 16.7 Å². The summed E-state index contributed by atoms with van der Waals surface area (Å²) < 4.78 is 25.8. The van der Waals surface area contributed by atoms with Gasteiger partial charge < -0.3 is 5.32 Å². The van der Waals surface area contributed by atoms with Crippen LogP contribution in [0, 0.1) is 6.92 Å². The molecular weight excluding hydrogens is 354 g/mol. The molecule has 3 nitrogen and oxygen atoms in total. The molecule has 0 atom stereocenters. The Balaban J connectivity index is 1.68. The van der Waals surface area contributed by atoms with Gasteiger partial charge in [-0.25, -0.2) is 8.42 Å². The number of rotatable bonds is 4. The highest BCUT2D eigenvalue weighted by Gasteiger charge is 2.17. The van der Waals surface area contributed by atoms with Crippen molar-refractivity contribution in [3.05, 3.63) is 96.6 Å². The summed E-state index contributed by atoms with van der Waals surface area (Å²) in [6.45, 7) is 1.94. The molecule has 0 fully saturated rings. The van der Waals surface area contributed by atoms with Gasteiger partial charge in [0.25, 0.3) is 0 Å². The lowest BCUT2D eigenvalue weighted by Gasteiger charge is -2.09. The maximum Gasteiger partial charge on any atom is 0.206 e. The van der Waals surface area contributed by atoms with Gasteiger partial charge in [0.15, 0.2) is 0 Å². The molecule has 0 radical (unpaired) electrons. The number of fused-ring (bicyclic) bond motifs is 1. The SMILES string of the molecule is Cc1ccc(S(=O)(=O)c2ccc3cc(Nc4ccccc4)ccc3c2)cc1. The second-order valence-corrected chi connectivity index (χ2v) is 8.48. The van der Waals surface area contributed by atoms with E-state index in [1.807, 2.05) is 73.7 Å². The summed E-state index contributed by atoms with van der Waals surface area (Å²) in [5, 5.41) is 5.23. The second-order valence-electron chi connectivity index (χ2n) is 6.53. The van der Waals surface area contributed by atoms with E-state index in [4.69, 9.17) is 0 Å². The number of sulfone groups is 1. The average molecular weight is 373 g/mol. The molecule has 0 spiro atoms. The van der Waals surface area contributed by atoms with Gasteiger partial charge in [-0.05, 0) is 66.2 Å². The van der Waals surface area contributed by atoms with E-state index in [-0.39, 0.29) is 0 Å². The van der Waals surface area contributed by atoms with Crippen LogP contribution < -0.4 is 5.32 Å². The van der Waals surface area contributed by atoms with Gasteiger partial charge in [0.05, 0.1) is 9.79 Å². The standard InChI is InChI=1S/C23H19NO2S/c1-17-7-12-22(13-8-17)27(25,26)23-14-10-18-15-21(11-9-19(18)16-23)24-20-5-3-2-4-6-20/h2-16,24H,1H3. The third-order valence-electron chi connectivity index (χ3n) is 4.52. The Morgan fingerprint density at radius 3 is 2.00 bits per heavy atom. The molecule has 0 saturated heterocycles. The fraction of sp³-hybridized carbons (Fsp3) is 0.0435. The predicted molar refractivity (Wildman–Crippen MR) is 110 cm³/mol. The molecule has 4 aromatic carbocycles. The van der Waals surface area contributed by atoms with Crippen LogP contribution in [0.25, 0.3) is 10.8 Å². The Hall–Kier alpha value is -3.11. The molecule has 0 aromatic heterocycles. The van der Waals surface area contributed by atoms with E-state index in [0.29, 0.717) is 9.79 Å². The molecule has 4 aromatic rings. The van der Waals surface area contributed by atoms with Crippen LogP contribution in [0.5, 0.6) is 0 Å². The second kappa shape index (κ2) is 6.89. The lowest BCUT2D eigenvalue weighted by atomic mass is 10.1. The molecule has 0 unspecified atom stereocenters. The van der Waals surface area contributed by atoms with Crippen molar-refractivity contribution in [1.82, 2.24) is 0 Å². The van der Waals surface area contributed by atoms with Crippen LogP contribution in [0.15, 0.2) is 101 Å². The summed E-state index contributed by atoms with van der Waals surface area (Å²) >= 11 is 0. The van der Waals surface area contributed by atoms with E-state index in [9.17, 15) is 8.42 Å². The average Bonchev–Trinajstić information content (AvgIpc) is 2.68. The van der Waals surface area contributed by atoms with Crippen LogP contribution in [0.2, 0.25) is 0 Å². The molecule has 134 valence electrons. The van der Waals surface area contributed by atoms with Crippen molar-refractivity contribution in [1.29, 1.82) is 0 Å². The quantitative estimate of drug-likeness (QED) is 0.497. The summed E-state index contributed by atoms with van der Waals surface area (Å²) in [5.41, 5.74) is 3.00. The van der Waals surface area contributed by atoms with E-state index >= 15 is 0 Å². The topological polar surface area (TPSA) is 46.2 Å². The smallest absolute Gasteiger partial charge is 0.206 e. The fourth-order valence-corrected chi connectivity index (χ4v) is 4.31. The fourth-order valence-electron chi connectivity index (χ4n) is 3.01. The van der Waals surface area contributed by atoms with Crippen LogP contribution >= 0.6 is 0 Å². The normalized spacial score (nSPS) is 11.4. The zero-order chi connectivity index (χ0) is 18.9. The van der Waals surface area contributed by atoms with Crippen molar-refractivity contribution >= 4 is 32.0 Å². The van der Waals surface area contributed by atoms with Gasteiger partial charge in [0.2, 0.25) is 9.84 Å². The lowest BCUT2D eigenvalue weighted by molar-refractivity contribution is 0.596. The van der Waals surface area contributed by atoms with Gasteiger partial charge in [-0.2, -0.15) is 0 Å². The number of benzene rings is 4. The van der Waals surface area contributed by atoms with Gasteiger partial charge in [-0.3, -0.25) is 0 Å². The number of hydrogen-bond donors (Lipinski definition) is 1. The highest BCUT2D eigenvalue weighted by atomic mass is 32.2. The molecule has 27 heavy (non-hydrogen) atoms. The van der Waals surface area contributed by atoms with Crippen molar-refractivity contribution in [2.24, 2.45) is 0 Å². The molecule has 4 rings (SSSR count). The molecule has 0 amide bonds. The summed E-state index contributed by atoms with van der Waals surface area (Å²) in [5.74, 6) is 0. The molecule has 0 aliphatic carbocycles. The Morgan fingerprint density at radius 2 is 1.26 bits per heavy atom. The molecule has 0 heterocycles. The van der Waals surface area contributed by atoms with Crippen LogP contribution in [0.3, 0.4) is 0 Å². The number of anilines is 2. The van der Waals surface area contributed by atoms with E-state index in [2.05, 4.69) is 5.32 Å².